The molecular weight excluding hydrogens is 401 g/mol. The number of halogens is 3. The van der Waals surface area contributed by atoms with Gasteiger partial charge < -0.3 is 14.0 Å². The number of rotatable bonds is 3. The number of fused-ring (bicyclic) bond motifs is 1. The summed E-state index contributed by atoms with van der Waals surface area (Å²) in [7, 11) is 0. The van der Waals surface area contributed by atoms with Crippen molar-refractivity contribution in [1.29, 1.82) is 0 Å². The molecule has 0 spiro atoms. The smallest absolute Gasteiger partial charge is 0.338 e. The van der Waals surface area contributed by atoms with E-state index in [1.54, 1.807) is 23.8 Å². The zero-order chi connectivity index (χ0) is 21.6. The molecule has 1 atom stereocenters. The van der Waals surface area contributed by atoms with Gasteiger partial charge in [0.15, 0.2) is 0 Å². The van der Waals surface area contributed by atoms with Crippen LogP contribution in [0.1, 0.15) is 45.1 Å². The van der Waals surface area contributed by atoms with Gasteiger partial charge in [-0.2, -0.15) is 13.2 Å². The van der Waals surface area contributed by atoms with Crippen molar-refractivity contribution < 1.29 is 27.3 Å². The van der Waals surface area contributed by atoms with Gasteiger partial charge in [-0.15, -0.1) is 0 Å². The predicted molar refractivity (Wildman–Crippen MR) is 101 cm³/mol. The number of aromatic nitrogens is 2. The summed E-state index contributed by atoms with van der Waals surface area (Å²) in [4.78, 5) is 27.2. The summed E-state index contributed by atoms with van der Waals surface area (Å²) >= 11 is 0. The van der Waals surface area contributed by atoms with Crippen LogP contribution in [-0.2, 0) is 6.18 Å². The van der Waals surface area contributed by atoms with Crippen molar-refractivity contribution >= 4 is 23.4 Å². The summed E-state index contributed by atoms with van der Waals surface area (Å²) in [6.45, 7) is 3.81. The third-order valence-corrected chi connectivity index (χ3v) is 4.90. The minimum Gasteiger partial charge on any atom is -0.338 e. The molecule has 4 rings (SSSR count). The van der Waals surface area contributed by atoms with Crippen LogP contribution in [-0.4, -0.2) is 28.1 Å². The van der Waals surface area contributed by atoms with Crippen molar-refractivity contribution in [1.82, 2.24) is 9.72 Å². The number of anilines is 2. The maximum atomic E-state index is 13.2. The van der Waals surface area contributed by atoms with Crippen molar-refractivity contribution in [2.24, 2.45) is 0 Å². The average Bonchev–Trinajstić information content (AvgIpc) is 3.31. The number of amides is 2. The van der Waals surface area contributed by atoms with Gasteiger partial charge in [-0.05, 0) is 44.2 Å². The molecule has 0 unspecified atom stereocenters. The van der Waals surface area contributed by atoms with Crippen molar-refractivity contribution in [3.05, 3.63) is 65.1 Å². The molecule has 1 aliphatic rings. The maximum absolute atomic E-state index is 13.2. The van der Waals surface area contributed by atoms with Crippen LogP contribution in [0.2, 0.25) is 0 Å². The van der Waals surface area contributed by atoms with Gasteiger partial charge in [0.25, 0.3) is 11.8 Å². The summed E-state index contributed by atoms with van der Waals surface area (Å²) in [5.41, 5.74) is 0.404. The molecule has 1 aliphatic heterocycles. The van der Waals surface area contributed by atoms with Gasteiger partial charge in [0.05, 0.1) is 16.8 Å². The second-order valence-electron chi connectivity index (χ2n) is 7.08. The summed E-state index contributed by atoms with van der Waals surface area (Å²) < 4.78 is 45.2. The Kier molecular flexibility index (Phi) is 4.64. The van der Waals surface area contributed by atoms with Gasteiger partial charge in [-0.3, -0.25) is 14.9 Å². The molecule has 30 heavy (non-hydrogen) atoms. The van der Waals surface area contributed by atoms with E-state index in [4.69, 9.17) is 4.52 Å². The normalized spacial score (nSPS) is 16.5. The number of hydrogen-bond donors (Lipinski definition) is 1. The Balaban J connectivity index is 1.65. The average molecular weight is 418 g/mol. The number of aryl methyl sites for hydroxylation is 1. The van der Waals surface area contributed by atoms with Crippen LogP contribution in [0.4, 0.5) is 24.7 Å². The zero-order valence-electron chi connectivity index (χ0n) is 16.0. The zero-order valence-corrected chi connectivity index (χ0v) is 16.0. The molecule has 10 heteroatoms. The Labute approximate surface area is 169 Å². The fourth-order valence-electron chi connectivity index (χ4n) is 3.44. The molecule has 0 saturated heterocycles. The lowest BCUT2D eigenvalue weighted by Crippen LogP contribution is -2.43. The molecule has 3 heterocycles. The number of nitrogens with zero attached hydrogens (tertiary/aromatic N) is 3. The molecule has 0 saturated carbocycles. The second-order valence-corrected chi connectivity index (χ2v) is 7.08. The molecule has 7 nitrogen and oxygen atoms in total. The highest BCUT2D eigenvalue weighted by Crippen LogP contribution is 2.33. The summed E-state index contributed by atoms with van der Waals surface area (Å²) in [6, 6.07) is 7.25. The Morgan fingerprint density at radius 3 is 2.53 bits per heavy atom. The first-order valence-electron chi connectivity index (χ1n) is 9.10. The van der Waals surface area contributed by atoms with Crippen LogP contribution in [0, 0.1) is 6.92 Å². The van der Waals surface area contributed by atoms with Crippen LogP contribution in [0.25, 0.3) is 0 Å². The van der Waals surface area contributed by atoms with E-state index in [1.807, 2.05) is 6.92 Å². The Morgan fingerprint density at radius 1 is 1.23 bits per heavy atom. The molecule has 0 aliphatic carbocycles. The molecule has 0 bridgehead atoms. The highest BCUT2D eigenvalue weighted by Gasteiger charge is 2.35. The largest absolute Gasteiger partial charge is 0.416 e. The molecule has 2 amide bonds. The van der Waals surface area contributed by atoms with Crippen LogP contribution in [0.3, 0.4) is 0 Å². The molecule has 3 aromatic rings. The van der Waals surface area contributed by atoms with Gasteiger partial charge in [0.1, 0.15) is 5.69 Å². The van der Waals surface area contributed by atoms with Gasteiger partial charge >= 0.3 is 6.18 Å². The van der Waals surface area contributed by atoms with E-state index in [9.17, 15) is 22.8 Å². The van der Waals surface area contributed by atoms with Crippen LogP contribution < -0.4 is 10.2 Å². The number of carbonyl (C=O) groups is 2. The first-order chi connectivity index (χ1) is 14.1. The number of nitrogens with one attached hydrogen (secondary N) is 1. The van der Waals surface area contributed by atoms with Crippen molar-refractivity contribution in [3.8, 4) is 0 Å². The van der Waals surface area contributed by atoms with Crippen molar-refractivity contribution in [2.75, 3.05) is 16.8 Å². The standard InChI is InChI=1S/C20H17F3N4O3/c1-11-9-16(30-25-11)24-18(28)15-7-8-26-12(2)10-27(19(29)17(15)26)14-5-3-13(4-6-14)20(21,22)23/h3-9,12H,10H2,1-2H3,(H,24,28)/t12-/m0/s1. The molecule has 156 valence electrons. The fourth-order valence-corrected chi connectivity index (χ4v) is 3.44. The molecule has 0 fully saturated rings. The lowest BCUT2D eigenvalue weighted by atomic mass is 10.1. The topological polar surface area (TPSA) is 80.4 Å². The summed E-state index contributed by atoms with van der Waals surface area (Å²) in [6.07, 6.45) is -2.82. The molecule has 2 aromatic heterocycles. The molecular formula is C20H17F3N4O3. The quantitative estimate of drug-likeness (QED) is 0.689. The van der Waals surface area contributed by atoms with E-state index in [1.165, 1.54) is 23.1 Å². The Hall–Kier alpha value is -3.56. The second kappa shape index (κ2) is 7.05. The monoisotopic (exact) mass is 418 g/mol. The highest BCUT2D eigenvalue weighted by molar-refractivity contribution is 6.15. The van der Waals surface area contributed by atoms with Crippen LogP contribution >= 0.6 is 0 Å². The first-order valence-corrected chi connectivity index (χ1v) is 9.10. The van der Waals surface area contributed by atoms with E-state index in [0.717, 1.165) is 12.1 Å². The van der Waals surface area contributed by atoms with E-state index in [2.05, 4.69) is 10.5 Å². The van der Waals surface area contributed by atoms with Crippen molar-refractivity contribution in [2.45, 2.75) is 26.1 Å². The van der Waals surface area contributed by atoms with E-state index < -0.39 is 23.6 Å². The highest BCUT2D eigenvalue weighted by atomic mass is 19.4. The maximum Gasteiger partial charge on any atom is 0.416 e. The fraction of sp³-hybridized carbons (Fsp3) is 0.250. The van der Waals surface area contributed by atoms with Crippen LogP contribution in [0.15, 0.2) is 47.1 Å². The minimum absolute atomic E-state index is 0.137. The van der Waals surface area contributed by atoms with Gasteiger partial charge in [-0.1, -0.05) is 5.16 Å². The predicted octanol–water partition coefficient (Wildman–Crippen LogP) is 4.28. The lowest BCUT2D eigenvalue weighted by Gasteiger charge is -2.33. The molecule has 1 N–H and O–H groups in total. The van der Waals surface area contributed by atoms with E-state index >= 15 is 0 Å². The van der Waals surface area contributed by atoms with Gasteiger partial charge in [-0.25, -0.2) is 0 Å². The number of alkyl halides is 3. The summed E-state index contributed by atoms with van der Waals surface area (Å²) in [5.74, 6) is -0.875. The van der Waals surface area contributed by atoms with E-state index in [-0.39, 0.29) is 29.7 Å². The third kappa shape index (κ3) is 3.44. The Morgan fingerprint density at radius 2 is 1.93 bits per heavy atom. The lowest BCUT2D eigenvalue weighted by molar-refractivity contribution is -0.137. The van der Waals surface area contributed by atoms with Crippen LogP contribution in [0.5, 0.6) is 0 Å². The number of benzene rings is 1. The third-order valence-electron chi connectivity index (χ3n) is 4.90. The molecule has 0 radical (unpaired) electrons. The van der Waals surface area contributed by atoms with Crippen molar-refractivity contribution in [3.63, 3.8) is 0 Å². The SMILES string of the molecule is Cc1cc(NC(=O)c2ccn3c2C(=O)N(c2ccc(C(F)(F)F)cc2)C[C@@H]3C)on1. The number of hydrogen-bond acceptors (Lipinski definition) is 4. The van der Waals surface area contributed by atoms with E-state index in [0.29, 0.717) is 11.4 Å². The van der Waals surface area contributed by atoms with Gasteiger partial charge in [0, 0.05) is 30.5 Å². The first kappa shape index (κ1) is 19.7. The number of carbonyl (C=O) groups excluding carboxylic acids is 2. The molecule has 1 aromatic carbocycles. The summed E-state index contributed by atoms with van der Waals surface area (Å²) in [5, 5.41) is 6.24. The Bertz CT molecular complexity index is 1120. The minimum atomic E-state index is -4.46. The van der Waals surface area contributed by atoms with Gasteiger partial charge in [0.2, 0.25) is 5.88 Å².